The van der Waals surface area contributed by atoms with Crippen molar-refractivity contribution in [2.75, 3.05) is 13.6 Å². The molecule has 0 spiro atoms. The molecule has 0 aliphatic carbocycles. The van der Waals surface area contributed by atoms with Crippen molar-refractivity contribution < 1.29 is 0 Å². The lowest BCUT2D eigenvalue weighted by Gasteiger charge is -1.99. The molecule has 5 heteroatoms. The van der Waals surface area contributed by atoms with E-state index in [1.54, 1.807) is 7.05 Å². The predicted octanol–water partition coefficient (Wildman–Crippen LogP) is 0.470. The van der Waals surface area contributed by atoms with Crippen molar-refractivity contribution in [1.29, 1.82) is 0 Å². The number of hydrogen-bond donors (Lipinski definition) is 3. The molecule has 5 nitrogen and oxygen atoms in total. The molecule has 2 aromatic heterocycles. The average Bonchev–Trinajstić information content (AvgIpc) is 2.87. The van der Waals surface area contributed by atoms with Gasteiger partial charge in [0.05, 0.1) is 5.69 Å². The van der Waals surface area contributed by atoms with Gasteiger partial charge < -0.3 is 10.3 Å². The molecule has 3 N–H and O–H groups in total. The van der Waals surface area contributed by atoms with Gasteiger partial charge in [-0.05, 0) is 26.1 Å². The van der Waals surface area contributed by atoms with Gasteiger partial charge in [-0.15, -0.1) is 0 Å². The Morgan fingerprint density at radius 3 is 2.94 bits per heavy atom. The van der Waals surface area contributed by atoms with Crippen LogP contribution in [0.2, 0.25) is 0 Å². The molecule has 2 aromatic rings. The lowest BCUT2D eigenvalue weighted by molar-refractivity contribution is 0.734. The molecule has 0 atom stereocenters. The maximum Gasteiger partial charge on any atom is 0.270 e. The third-order valence-corrected chi connectivity index (χ3v) is 2.66. The van der Waals surface area contributed by atoms with Crippen molar-refractivity contribution >= 4 is 0 Å². The van der Waals surface area contributed by atoms with Gasteiger partial charge in [0.2, 0.25) is 0 Å². The van der Waals surface area contributed by atoms with Gasteiger partial charge in [0, 0.05) is 30.6 Å². The quantitative estimate of drug-likeness (QED) is 0.701. The van der Waals surface area contributed by atoms with E-state index in [9.17, 15) is 4.79 Å². The van der Waals surface area contributed by atoms with Gasteiger partial charge in [-0.25, -0.2) is 0 Å². The van der Waals surface area contributed by atoms with Gasteiger partial charge in [0.15, 0.2) is 0 Å². The summed E-state index contributed by atoms with van der Waals surface area (Å²) in [7, 11) is 3.62. The normalized spacial score (nSPS) is 10.9. The number of aromatic amines is 2. The van der Waals surface area contributed by atoms with Gasteiger partial charge >= 0.3 is 0 Å². The SMILES string of the molecule is CNCCc1c(-c2cc[nH]c2)[nH]n(C)c1=O. The van der Waals surface area contributed by atoms with Crippen LogP contribution in [0, 0.1) is 0 Å². The number of likely N-dealkylation sites (N-methyl/N-ethyl adjacent to an activating group) is 1. The third kappa shape index (κ3) is 1.81. The zero-order valence-corrected chi connectivity index (χ0v) is 9.50. The topological polar surface area (TPSA) is 65.6 Å². The first-order valence-electron chi connectivity index (χ1n) is 5.29. The molecule has 86 valence electrons. The van der Waals surface area contributed by atoms with E-state index in [-0.39, 0.29) is 5.56 Å². The van der Waals surface area contributed by atoms with E-state index in [1.165, 1.54) is 4.68 Å². The van der Waals surface area contributed by atoms with Gasteiger partial charge in [0.25, 0.3) is 5.56 Å². The van der Waals surface area contributed by atoms with Crippen LogP contribution >= 0.6 is 0 Å². The van der Waals surface area contributed by atoms with Crippen LogP contribution in [0.25, 0.3) is 11.3 Å². The molecular formula is C11H16N4O. The number of aromatic nitrogens is 3. The Bertz CT molecular complexity index is 507. The minimum Gasteiger partial charge on any atom is -0.367 e. The Morgan fingerprint density at radius 2 is 2.31 bits per heavy atom. The number of hydrogen-bond acceptors (Lipinski definition) is 2. The van der Waals surface area contributed by atoms with Crippen LogP contribution in [-0.2, 0) is 13.5 Å². The maximum absolute atomic E-state index is 11.9. The summed E-state index contributed by atoms with van der Waals surface area (Å²) < 4.78 is 1.52. The zero-order valence-electron chi connectivity index (χ0n) is 9.50. The molecule has 0 amide bonds. The largest absolute Gasteiger partial charge is 0.367 e. The molecule has 0 radical (unpaired) electrons. The second kappa shape index (κ2) is 4.40. The highest BCUT2D eigenvalue weighted by Gasteiger charge is 2.13. The number of aryl methyl sites for hydroxylation is 1. The lowest BCUT2D eigenvalue weighted by Crippen LogP contribution is -2.19. The fraction of sp³-hybridized carbons (Fsp3) is 0.364. The Hall–Kier alpha value is -1.75. The Morgan fingerprint density at radius 1 is 1.50 bits per heavy atom. The highest BCUT2D eigenvalue weighted by atomic mass is 16.1. The number of nitrogens with zero attached hydrogens (tertiary/aromatic N) is 1. The van der Waals surface area contributed by atoms with Crippen molar-refractivity contribution in [1.82, 2.24) is 20.1 Å². The highest BCUT2D eigenvalue weighted by Crippen LogP contribution is 2.18. The summed E-state index contributed by atoms with van der Waals surface area (Å²) in [5.41, 5.74) is 2.80. The molecule has 0 bridgehead atoms. The van der Waals surface area contributed by atoms with E-state index in [2.05, 4.69) is 15.4 Å². The van der Waals surface area contributed by atoms with Gasteiger partial charge in [0.1, 0.15) is 0 Å². The van der Waals surface area contributed by atoms with Gasteiger partial charge in [-0.2, -0.15) is 0 Å². The van der Waals surface area contributed by atoms with Crippen LogP contribution in [0.1, 0.15) is 5.56 Å². The van der Waals surface area contributed by atoms with Gasteiger partial charge in [-0.1, -0.05) is 0 Å². The lowest BCUT2D eigenvalue weighted by atomic mass is 10.1. The number of nitrogens with one attached hydrogen (secondary N) is 3. The monoisotopic (exact) mass is 220 g/mol. The second-order valence-electron chi connectivity index (χ2n) is 3.78. The molecule has 0 aliphatic heterocycles. The van der Waals surface area contributed by atoms with Crippen LogP contribution < -0.4 is 10.9 Å². The molecule has 0 saturated heterocycles. The maximum atomic E-state index is 11.9. The van der Waals surface area contributed by atoms with E-state index in [0.29, 0.717) is 0 Å². The average molecular weight is 220 g/mol. The molecule has 2 heterocycles. The van der Waals surface area contributed by atoms with E-state index < -0.39 is 0 Å². The summed E-state index contributed by atoms with van der Waals surface area (Å²) in [6, 6.07) is 1.95. The first-order chi connectivity index (χ1) is 7.74. The minimum absolute atomic E-state index is 0.0476. The summed E-state index contributed by atoms with van der Waals surface area (Å²) >= 11 is 0. The number of rotatable bonds is 4. The van der Waals surface area contributed by atoms with Crippen molar-refractivity contribution in [3.05, 3.63) is 34.4 Å². The molecular weight excluding hydrogens is 204 g/mol. The Balaban J connectivity index is 2.45. The van der Waals surface area contributed by atoms with Crippen LogP contribution in [0.4, 0.5) is 0 Å². The van der Waals surface area contributed by atoms with Gasteiger partial charge in [-0.3, -0.25) is 14.6 Å². The van der Waals surface area contributed by atoms with E-state index in [1.807, 2.05) is 25.5 Å². The Kier molecular flexibility index (Phi) is 2.96. The smallest absolute Gasteiger partial charge is 0.270 e. The zero-order chi connectivity index (χ0) is 11.5. The molecule has 16 heavy (non-hydrogen) atoms. The molecule has 0 aliphatic rings. The highest BCUT2D eigenvalue weighted by molar-refractivity contribution is 5.61. The van der Waals surface area contributed by atoms with Crippen molar-refractivity contribution in [2.45, 2.75) is 6.42 Å². The first kappa shape index (κ1) is 10.8. The van der Waals surface area contributed by atoms with Crippen LogP contribution in [-0.4, -0.2) is 28.4 Å². The standard InChI is InChI=1S/C11H16N4O/c1-12-5-4-9-10(8-3-6-13-7-8)14-15(2)11(9)16/h3,6-7,12-14H,4-5H2,1-2H3. The summed E-state index contributed by atoms with van der Waals surface area (Å²) in [6.45, 7) is 0.796. The predicted molar refractivity (Wildman–Crippen MR) is 63.5 cm³/mol. The van der Waals surface area contributed by atoms with Crippen molar-refractivity contribution in [3.63, 3.8) is 0 Å². The van der Waals surface area contributed by atoms with Crippen molar-refractivity contribution in [2.24, 2.45) is 7.05 Å². The van der Waals surface area contributed by atoms with E-state index in [4.69, 9.17) is 0 Å². The minimum atomic E-state index is 0.0476. The van der Waals surface area contributed by atoms with E-state index >= 15 is 0 Å². The second-order valence-corrected chi connectivity index (χ2v) is 3.78. The molecule has 0 saturated carbocycles. The molecule has 0 aromatic carbocycles. The summed E-state index contributed by atoms with van der Waals surface area (Å²) in [5.74, 6) is 0. The number of H-pyrrole nitrogens is 2. The van der Waals surface area contributed by atoms with Crippen LogP contribution in [0.3, 0.4) is 0 Å². The van der Waals surface area contributed by atoms with Crippen molar-refractivity contribution in [3.8, 4) is 11.3 Å². The molecule has 0 fully saturated rings. The fourth-order valence-electron chi connectivity index (χ4n) is 1.80. The first-order valence-corrected chi connectivity index (χ1v) is 5.29. The fourth-order valence-corrected chi connectivity index (χ4v) is 1.80. The molecule has 2 rings (SSSR count). The summed E-state index contributed by atoms with van der Waals surface area (Å²) in [4.78, 5) is 14.9. The molecule has 0 unspecified atom stereocenters. The van der Waals surface area contributed by atoms with Crippen LogP contribution in [0.5, 0.6) is 0 Å². The summed E-state index contributed by atoms with van der Waals surface area (Å²) in [5, 5.41) is 6.14. The van der Waals surface area contributed by atoms with E-state index in [0.717, 1.165) is 29.8 Å². The third-order valence-electron chi connectivity index (χ3n) is 2.66. The van der Waals surface area contributed by atoms with Crippen LogP contribution in [0.15, 0.2) is 23.3 Å². The Labute approximate surface area is 93.5 Å². The summed E-state index contributed by atoms with van der Waals surface area (Å²) in [6.07, 6.45) is 4.46.